The summed E-state index contributed by atoms with van der Waals surface area (Å²) in [6.07, 6.45) is 0.658. The van der Waals surface area contributed by atoms with Crippen LogP contribution in [-0.4, -0.2) is 33.3 Å². The molecule has 15 heavy (non-hydrogen) atoms. The van der Waals surface area contributed by atoms with Crippen LogP contribution in [0, 0.1) is 5.92 Å². The quantitative estimate of drug-likeness (QED) is 0.617. The maximum Gasteiger partial charge on any atom is 0.211 e. The lowest BCUT2D eigenvalue weighted by Gasteiger charge is -2.10. The summed E-state index contributed by atoms with van der Waals surface area (Å²) in [5.74, 6) is 0.563. The molecule has 0 fully saturated rings. The first kappa shape index (κ1) is 14.9. The van der Waals surface area contributed by atoms with Crippen molar-refractivity contribution in [2.75, 3.05) is 18.8 Å². The SMILES string of the molecule is CC(C)CNS(=O)(=O)CCCNC(C)C. The van der Waals surface area contributed by atoms with E-state index in [2.05, 4.69) is 10.0 Å². The van der Waals surface area contributed by atoms with Gasteiger partial charge in [-0.05, 0) is 18.9 Å². The van der Waals surface area contributed by atoms with E-state index in [1.165, 1.54) is 0 Å². The number of hydrogen-bond donors (Lipinski definition) is 2. The van der Waals surface area contributed by atoms with Gasteiger partial charge >= 0.3 is 0 Å². The van der Waals surface area contributed by atoms with Gasteiger partial charge in [0.25, 0.3) is 0 Å². The Labute approximate surface area is 93.9 Å². The van der Waals surface area contributed by atoms with E-state index in [-0.39, 0.29) is 5.75 Å². The van der Waals surface area contributed by atoms with Crippen LogP contribution in [0.15, 0.2) is 0 Å². The highest BCUT2D eigenvalue weighted by Crippen LogP contribution is 1.93. The Kier molecular flexibility index (Phi) is 7.13. The van der Waals surface area contributed by atoms with Gasteiger partial charge in [-0.15, -0.1) is 0 Å². The predicted molar refractivity (Wildman–Crippen MR) is 64.4 cm³/mol. The molecule has 0 amide bonds. The molecule has 0 aromatic heterocycles. The van der Waals surface area contributed by atoms with Crippen molar-refractivity contribution in [3.8, 4) is 0 Å². The highest BCUT2D eigenvalue weighted by molar-refractivity contribution is 7.89. The number of hydrogen-bond acceptors (Lipinski definition) is 3. The maximum absolute atomic E-state index is 11.4. The summed E-state index contributed by atoms with van der Waals surface area (Å²) in [7, 11) is -3.06. The van der Waals surface area contributed by atoms with Crippen molar-refractivity contribution in [1.82, 2.24) is 10.0 Å². The summed E-state index contributed by atoms with van der Waals surface area (Å²) in [6.45, 7) is 9.35. The van der Waals surface area contributed by atoms with Gasteiger partial charge in [0.1, 0.15) is 0 Å². The number of rotatable bonds is 8. The normalized spacial score (nSPS) is 12.7. The van der Waals surface area contributed by atoms with Crippen molar-refractivity contribution < 1.29 is 8.42 Å². The summed E-state index contributed by atoms with van der Waals surface area (Å²) >= 11 is 0. The van der Waals surface area contributed by atoms with Crippen LogP contribution in [-0.2, 0) is 10.0 Å². The molecule has 0 heterocycles. The van der Waals surface area contributed by atoms with Gasteiger partial charge in [-0.25, -0.2) is 13.1 Å². The highest BCUT2D eigenvalue weighted by Gasteiger charge is 2.09. The minimum absolute atomic E-state index is 0.208. The Bertz CT molecular complexity index is 248. The van der Waals surface area contributed by atoms with Gasteiger partial charge in [-0.3, -0.25) is 0 Å². The van der Waals surface area contributed by atoms with Gasteiger partial charge in [-0.2, -0.15) is 0 Å². The molecule has 0 atom stereocenters. The second kappa shape index (κ2) is 7.19. The molecule has 2 N–H and O–H groups in total. The third kappa shape index (κ3) is 10.2. The van der Waals surface area contributed by atoms with Crippen LogP contribution in [0.1, 0.15) is 34.1 Å². The fourth-order valence-corrected chi connectivity index (χ4v) is 2.27. The zero-order chi connectivity index (χ0) is 11.9. The van der Waals surface area contributed by atoms with Crippen molar-refractivity contribution in [2.24, 2.45) is 5.92 Å². The lowest BCUT2D eigenvalue weighted by Crippen LogP contribution is -2.32. The topological polar surface area (TPSA) is 58.2 Å². The summed E-state index contributed by atoms with van der Waals surface area (Å²) < 4.78 is 25.5. The van der Waals surface area contributed by atoms with Gasteiger partial charge in [0, 0.05) is 12.6 Å². The molecule has 0 unspecified atom stereocenters. The fourth-order valence-electron chi connectivity index (χ4n) is 1.02. The minimum atomic E-state index is -3.06. The van der Waals surface area contributed by atoms with E-state index in [0.29, 0.717) is 24.9 Å². The van der Waals surface area contributed by atoms with Crippen LogP contribution >= 0.6 is 0 Å². The summed E-state index contributed by atoms with van der Waals surface area (Å²) in [5, 5.41) is 3.19. The molecule has 0 aliphatic carbocycles. The van der Waals surface area contributed by atoms with E-state index in [4.69, 9.17) is 0 Å². The third-order valence-corrected chi connectivity index (χ3v) is 3.29. The first-order valence-electron chi connectivity index (χ1n) is 5.54. The molecule has 0 saturated carbocycles. The van der Waals surface area contributed by atoms with E-state index >= 15 is 0 Å². The lowest BCUT2D eigenvalue weighted by atomic mass is 10.2. The molecule has 0 rings (SSSR count). The standard InChI is InChI=1S/C10H24N2O2S/c1-9(2)8-12-15(13,14)7-5-6-11-10(3)4/h9-12H,5-8H2,1-4H3. The van der Waals surface area contributed by atoms with E-state index in [1.54, 1.807) is 0 Å². The molecular weight excluding hydrogens is 212 g/mol. The molecular formula is C10H24N2O2S. The fraction of sp³-hybridized carbons (Fsp3) is 1.00. The van der Waals surface area contributed by atoms with Crippen LogP contribution in [0.25, 0.3) is 0 Å². The Morgan fingerprint density at radius 3 is 2.20 bits per heavy atom. The van der Waals surface area contributed by atoms with Gasteiger partial charge in [0.15, 0.2) is 0 Å². The van der Waals surface area contributed by atoms with Crippen LogP contribution in [0.3, 0.4) is 0 Å². The molecule has 0 radical (unpaired) electrons. The van der Waals surface area contributed by atoms with Crippen LogP contribution in [0.5, 0.6) is 0 Å². The third-order valence-electron chi connectivity index (χ3n) is 1.85. The number of sulfonamides is 1. The molecule has 0 saturated heterocycles. The van der Waals surface area contributed by atoms with E-state index in [9.17, 15) is 8.42 Å². The van der Waals surface area contributed by atoms with Crippen LogP contribution in [0.4, 0.5) is 0 Å². The highest BCUT2D eigenvalue weighted by atomic mass is 32.2. The summed E-state index contributed by atoms with van der Waals surface area (Å²) in [5.41, 5.74) is 0. The van der Waals surface area contributed by atoms with E-state index in [1.807, 2.05) is 27.7 Å². The van der Waals surface area contributed by atoms with Crippen molar-refractivity contribution in [3.63, 3.8) is 0 Å². The van der Waals surface area contributed by atoms with Crippen molar-refractivity contribution >= 4 is 10.0 Å². The predicted octanol–water partition coefficient (Wildman–Crippen LogP) is 0.950. The van der Waals surface area contributed by atoms with E-state index in [0.717, 1.165) is 6.54 Å². The van der Waals surface area contributed by atoms with E-state index < -0.39 is 10.0 Å². The molecule has 0 aliphatic rings. The van der Waals surface area contributed by atoms with Gasteiger partial charge in [0.2, 0.25) is 10.0 Å². The Balaban J connectivity index is 3.66. The average molecular weight is 236 g/mol. The molecule has 0 bridgehead atoms. The zero-order valence-corrected chi connectivity index (χ0v) is 11.0. The molecule has 4 nitrogen and oxygen atoms in total. The maximum atomic E-state index is 11.4. The van der Waals surface area contributed by atoms with Crippen molar-refractivity contribution in [1.29, 1.82) is 0 Å². The Morgan fingerprint density at radius 2 is 1.73 bits per heavy atom. The Morgan fingerprint density at radius 1 is 1.13 bits per heavy atom. The average Bonchev–Trinajstić information content (AvgIpc) is 2.09. The first-order chi connectivity index (χ1) is 6.83. The second-order valence-corrected chi connectivity index (χ2v) is 6.45. The first-order valence-corrected chi connectivity index (χ1v) is 7.19. The van der Waals surface area contributed by atoms with Crippen molar-refractivity contribution in [2.45, 2.75) is 40.2 Å². The van der Waals surface area contributed by atoms with Crippen LogP contribution < -0.4 is 10.0 Å². The number of nitrogens with one attached hydrogen (secondary N) is 2. The zero-order valence-electron chi connectivity index (χ0n) is 10.2. The van der Waals surface area contributed by atoms with Crippen LogP contribution in [0.2, 0.25) is 0 Å². The van der Waals surface area contributed by atoms with Gasteiger partial charge < -0.3 is 5.32 Å². The van der Waals surface area contributed by atoms with Gasteiger partial charge in [-0.1, -0.05) is 27.7 Å². The lowest BCUT2D eigenvalue weighted by molar-refractivity contribution is 0.548. The molecule has 0 aromatic rings. The largest absolute Gasteiger partial charge is 0.314 e. The molecule has 5 heteroatoms. The second-order valence-electron chi connectivity index (χ2n) is 4.52. The molecule has 92 valence electrons. The smallest absolute Gasteiger partial charge is 0.211 e. The molecule has 0 aliphatic heterocycles. The summed E-state index contributed by atoms with van der Waals surface area (Å²) in [6, 6.07) is 0.413. The molecule has 0 spiro atoms. The minimum Gasteiger partial charge on any atom is -0.314 e. The van der Waals surface area contributed by atoms with Crippen molar-refractivity contribution in [3.05, 3.63) is 0 Å². The van der Waals surface area contributed by atoms with Gasteiger partial charge in [0.05, 0.1) is 5.75 Å². The Hall–Kier alpha value is -0.130. The molecule has 0 aromatic carbocycles. The summed E-state index contributed by atoms with van der Waals surface area (Å²) in [4.78, 5) is 0. The monoisotopic (exact) mass is 236 g/mol.